The van der Waals surface area contributed by atoms with Crippen molar-refractivity contribution < 1.29 is 9.47 Å². The van der Waals surface area contributed by atoms with E-state index >= 15 is 0 Å². The largest absolute Gasteiger partial charge is 0.496 e. The van der Waals surface area contributed by atoms with Crippen molar-refractivity contribution in [2.75, 3.05) is 14.2 Å². The first-order valence-electron chi connectivity index (χ1n) is 8.06. The predicted octanol–water partition coefficient (Wildman–Crippen LogP) is 5.75. The first kappa shape index (κ1) is 15.7. The van der Waals surface area contributed by atoms with Crippen molar-refractivity contribution in [1.82, 2.24) is 0 Å². The van der Waals surface area contributed by atoms with Gasteiger partial charge in [-0.3, -0.25) is 0 Å². The molecule has 0 amide bonds. The maximum atomic E-state index is 5.72. The lowest BCUT2D eigenvalue weighted by molar-refractivity contribution is 0.407. The topological polar surface area (TPSA) is 18.5 Å². The average molecular weight is 308 g/mol. The quantitative estimate of drug-likeness (QED) is 0.573. The molecule has 0 radical (unpaired) electrons. The molecular formula is C21H24O2. The van der Waals surface area contributed by atoms with E-state index in [-0.39, 0.29) is 0 Å². The standard InChI is InChI=1S/C21H24O2/c1-12(2)19-16-8-7-13(3)9-15(16)11-17-20(19)18(22-5)10-14(4)21(17)23-6/h7-12H,1-6H3. The van der Waals surface area contributed by atoms with Crippen LogP contribution in [0.1, 0.15) is 36.5 Å². The Morgan fingerprint density at radius 1 is 0.870 bits per heavy atom. The molecule has 0 aliphatic carbocycles. The number of benzene rings is 3. The van der Waals surface area contributed by atoms with Crippen LogP contribution in [0.15, 0.2) is 30.3 Å². The zero-order chi connectivity index (χ0) is 16.7. The van der Waals surface area contributed by atoms with Gasteiger partial charge < -0.3 is 9.47 Å². The molecule has 0 heterocycles. The smallest absolute Gasteiger partial charge is 0.129 e. The first-order valence-corrected chi connectivity index (χ1v) is 8.06. The normalized spacial score (nSPS) is 11.4. The third-order valence-corrected chi connectivity index (χ3v) is 4.53. The predicted molar refractivity (Wildman–Crippen MR) is 98.1 cm³/mol. The Kier molecular flexibility index (Phi) is 3.93. The lowest BCUT2D eigenvalue weighted by atomic mass is 9.88. The molecule has 0 aliphatic heterocycles. The van der Waals surface area contributed by atoms with Gasteiger partial charge in [0.15, 0.2) is 0 Å². The van der Waals surface area contributed by atoms with E-state index < -0.39 is 0 Å². The van der Waals surface area contributed by atoms with Crippen LogP contribution < -0.4 is 9.47 Å². The Balaban J connectivity index is 2.62. The van der Waals surface area contributed by atoms with Crippen molar-refractivity contribution in [3.8, 4) is 11.5 Å². The van der Waals surface area contributed by atoms with Crippen LogP contribution in [0.4, 0.5) is 0 Å². The van der Waals surface area contributed by atoms with E-state index in [1.165, 1.54) is 27.3 Å². The fourth-order valence-corrected chi connectivity index (χ4v) is 3.58. The van der Waals surface area contributed by atoms with E-state index in [4.69, 9.17) is 9.47 Å². The highest BCUT2D eigenvalue weighted by atomic mass is 16.5. The summed E-state index contributed by atoms with van der Waals surface area (Å²) in [5.41, 5.74) is 3.69. The molecule has 2 nitrogen and oxygen atoms in total. The number of rotatable bonds is 3. The fourth-order valence-electron chi connectivity index (χ4n) is 3.58. The molecule has 120 valence electrons. The SMILES string of the molecule is COc1c(C)cc(OC)c2c(C(C)C)c3ccc(C)cc3cc12. The molecule has 23 heavy (non-hydrogen) atoms. The van der Waals surface area contributed by atoms with E-state index in [0.717, 1.165) is 22.4 Å². The minimum atomic E-state index is 0.394. The second-order valence-electron chi connectivity index (χ2n) is 6.52. The summed E-state index contributed by atoms with van der Waals surface area (Å²) >= 11 is 0. The molecule has 0 aliphatic rings. The van der Waals surface area contributed by atoms with Crippen molar-refractivity contribution in [3.63, 3.8) is 0 Å². The summed E-state index contributed by atoms with van der Waals surface area (Å²) in [6.07, 6.45) is 0. The molecule has 0 N–H and O–H groups in total. The van der Waals surface area contributed by atoms with Gasteiger partial charge in [-0.1, -0.05) is 37.6 Å². The Hall–Kier alpha value is -2.22. The molecular weight excluding hydrogens is 284 g/mol. The van der Waals surface area contributed by atoms with Gasteiger partial charge in [0.05, 0.1) is 14.2 Å². The third-order valence-electron chi connectivity index (χ3n) is 4.53. The number of hydrogen-bond acceptors (Lipinski definition) is 2. The molecule has 2 heteroatoms. The highest BCUT2D eigenvalue weighted by Crippen LogP contribution is 2.44. The minimum Gasteiger partial charge on any atom is -0.496 e. The van der Waals surface area contributed by atoms with Crippen LogP contribution in [-0.2, 0) is 0 Å². The van der Waals surface area contributed by atoms with E-state index in [1.54, 1.807) is 14.2 Å². The van der Waals surface area contributed by atoms with Gasteiger partial charge in [0, 0.05) is 10.8 Å². The highest BCUT2D eigenvalue weighted by molar-refractivity contribution is 6.08. The lowest BCUT2D eigenvalue weighted by Gasteiger charge is -2.20. The van der Waals surface area contributed by atoms with Crippen LogP contribution in [0.2, 0.25) is 0 Å². The second kappa shape index (κ2) is 5.77. The van der Waals surface area contributed by atoms with Gasteiger partial charge in [-0.2, -0.15) is 0 Å². The molecule has 0 spiro atoms. The first-order chi connectivity index (χ1) is 11.0. The summed E-state index contributed by atoms with van der Waals surface area (Å²) in [5.74, 6) is 2.25. The Morgan fingerprint density at radius 2 is 1.61 bits per heavy atom. The van der Waals surface area contributed by atoms with Gasteiger partial charge in [-0.25, -0.2) is 0 Å². The summed E-state index contributed by atoms with van der Waals surface area (Å²) in [4.78, 5) is 0. The summed E-state index contributed by atoms with van der Waals surface area (Å²) in [5, 5.41) is 4.85. The fraction of sp³-hybridized carbons (Fsp3) is 0.333. The number of methoxy groups -OCH3 is 2. The number of ether oxygens (including phenoxy) is 2. The maximum Gasteiger partial charge on any atom is 0.129 e. The van der Waals surface area contributed by atoms with E-state index in [9.17, 15) is 0 Å². The van der Waals surface area contributed by atoms with E-state index in [2.05, 4.69) is 58.0 Å². The number of fused-ring (bicyclic) bond motifs is 2. The summed E-state index contributed by atoms with van der Waals surface area (Å²) in [7, 11) is 3.48. The van der Waals surface area contributed by atoms with E-state index in [0.29, 0.717) is 5.92 Å². The Labute approximate surface area is 138 Å². The van der Waals surface area contributed by atoms with Gasteiger partial charge >= 0.3 is 0 Å². The molecule has 0 atom stereocenters. The molecule has 0 aromatic heterocycles. The van der Waals surface area contributed by atoms with Crippen molar-refractivity contribution >= 4 is 21.5 Å². The van der Waals surface area contributed by atoms with Gasteiger partial charge in [0.2, 0.25) is 0 Å². The molecule has 0 saturated heterocycles. The van der Waals surface area contributed by atoms with Gasteiger partial charge in [-0.15, -0.1) is 0 Å². The summed E-state index contributed by atoms with van der Waals surface area (Å²) in [6.45, 7) is 8.67. The summed E-state index contributed by atoms with van der Waals surface area (Å²) < 4.78 is 11.4. The van der Waals surface area contributed by atoms with Gasteiger partial charge in [0.25, 0.3) is 0 Å². The molecule has 3 rings (SSSR count). The molecule has 0 unspecified atom stereocenters. The van der Waals surface area contributed by atoms with Gasteiger partial charge in [-0.05, 0) is 53.8 Å². The van der Waals surface area contributed by atoms with Crippen LogP contribution >= 0.6 is 0 Å². The zero-order valence-corrected chi connectivity index (χ0v) is 14.8. The minimum absolute atomic E-state index is 0.394. The van der Waals surface area contributed by atoms with Crippen molar-refractivity contribution in [2.24, 2.45) is 0 Å². The lowest BCUT2D eigenvalue weighted by Crippen LogP contribution is -1.99. The van der Waals surface area contributed by atoms with Crippen LogP contribution in [0.5, 0.6) is 11.5 Å². The highest BCUT2D eigenvalue weighted by Gasteiger charge is 2.19. The van der Waals surface area contributed by atoms with Crippen LogP contribution in [0.3, 0.4) is 0 Å². The zero-order valence-electron chi connectivity index (χ0n) is 14.8. The maximum absolute atomic E-state index is 5.72. The molecule has 3 aromatic rings. The number of aryl methyl sites for hydroxylation is 2. The monoisotopic (exact) mass is 308 g/mol. The Bertz CT molecular complexity index is 892. The molecule has 0 saturated carbocycles. The third kappa shape index (κ3) is 2.42. The van der Waals surface area contributed by atoms with Crippen molar-refractivity contribution in [1.29, 1.82) is 0 Å². The second-order valence-corrected chi connectivity index (χ2v) is 6.52. The van der Waals surface area contributed by atoms with E-state index in [1.807, 2.05) is 0 Å². The van der Waals surface area contributed by atoms with Crippen LogP contribution in [0.25, 0.3) is 21.5 Å². The van der Waals surface area contributed by atoms with Crippen molar-refractivity contribution in [2.45, 2.75) is 33.6 Å². The van der Waals surface area contributed by atoms with Crippen molar-refractivity contribution in [3.05, 3.63) is 47.0 Å². The molecule has 3 aromatic carbocycles. The Morgan fingerprint density at radius 3 is 2.22 bits per heavy atom. The number of hydrogen-bond donors (Lipinski definition) is 0. The van der Waals surface area contributed by atoms with Crippen LogP contribution in [0, 0.1) is 13.8 Å². The summed E-state index contributed by atoms with van der Waals surface area (Å²) in [6, 6.07) is 11.0. The van der Waals surface area contributed by atoms with Gasteiger partial charge in [0.1, 0.15) is 11.5 Å². The molecule has 0 bridgehead atoms. The van der Waals surface area contributed by atoms with Crippen LogP contribution in [-0.4, -0.2) is 14.2 Å². The molecule has 0 fully saturated rings. The average Bonchev–Trinajstić information content (AvgIpc) is 2.51.